The van der Waals surface area contributed by atoms with Crippen LogP contribution in [0.5, 0.6) is 0 Å². The van der Waals surface area contributed by atoms with Crippen LogP contribution >= 0.6 is 0 Å². The topological polar surface area (TPSA) is 124 Å². The fraction of sp³-hybridized carbons (Fsp3) is 0.364. The number of nitro groups is 1. The normalized spacial score (nSPS) is 10.2. The third-order valence-corrected chi connectivity index (χ3v) is 2.48. The van der Waals surface area contributed by atoms with Gasteiger partial charge in [-0.25, -0.2) is 4.39 Å². The van der Waals surface area contributed by atoms with E-state index in [1.54, 1.807) is 0 Å². The van der Waals surface area contributed by atoms with Crippen molar-refractivity contribution in [2.75, 3.05) is 18.8 Å². The molecule has 1 aromatic carbocycles. The van der Waals surface area contributed by atoms with Crippen LogP contribution in [0.15, 0.2) is 12.1 Å². The number of hydrogen-bond donors (Lipinski definition) is 3. The number of nitrogen functional groups attached to an aromatic ring is 1. The summed E-state index contributed by atoms with van der Waals surface area (Å²) in [4.78, 5) is 21.6. The minimum absolute atomic E-state index is 0.237. The van der Waals surface area contributed by atoms with Crippen molar-refractivity contribution in [2.24, 2.45) is 5.73 Å². The lowest BCUT2D eigenvalue weighted by Crippen LogP contribution is -2.26. The molecule has 0 fully saturated rings. The van der Waals surface area contributed by atoms with Gasteiger partial charge in [-0.1, -0.05) is 0 Å². The van der Waals surface area contributed by atoms with Gasteiger partial charge in [0.25, 0.3) is 11.6 Å². The Hall–Kier alpha value is -2.22. The summed E-state index contributed by atoms with van der Waals surface area (Å²) in [5, 5.41) is 13.2. The van der Waals surface area contributed by atoms with E-state index in [1.807, 2.05) is 0 Å². The first-order valence-corrected chi connectivity index (χ1v) is 5.69. The molecule has 19 heavy (non-hydrogen) atoms. The highest BCUT2D eigenvalue weighted by Crippen LogP contribution is 2.26. The fourth-order valence-electron chi connectivity index (χ4n) is 1.51. The first kappa shape index (κ1) is 14.8. The Morgan fingerprint density at radius 3 is 2.68 bits per heavy atom. The number of nitrogens with zero attached hydrogens (tertiary/aromatic N) is 1. The van der Waals surface area contributed by atoms with Crippen LogP contribution in [-0.2, 0) is 0 Å². The summed E-state index contributed by atoms with van der Waals surface area (Å²) >= 11 is 0. The standard InChI is InChI=1S/C11H15FN4O3/c12-7-5-8(10(14)9(6-7)16(18)19)11(17)15-4-2-1-3-13/h5-6H,1-4,13-14H2,(H,15,17). The molecule has 0 aliphatic carbocycles. The van der Waals surface area contributed by atoms with Gasteiger partial charge in [-0.2, -0.15) is 0 Å². The Morgan fingerprint density at radius 2 is 2.11 bits per heavy atom. The number of nitrogens with two attached hydrogens (primary N) is 2. The molecule has 0 heterocycles. The zero-order valence-corrected chi connectivity index (χ0v) is 10.2. The van der Waals surface area contributed by atoms with E-state index >= 15 is 0 Å². The molecule has 8 heteroatoms. The average molecular weight is 270 g/mol. The SMILES string of the molecule is NCCCCNC(=O)c1cc(F)cc([N+](=O)[O-])c1N. The first-order chi connectivity index (χ1) is 8.97. The third kappa shape index (κ3) is 3.88. The predicted octanol–water partition coefficient (Wildman–Crippen LogP) is 0.785. The number of carbonyl (C=O) groups excluding carboxylic acids is 1. The Balaban J connectivity index is 2.88. The highest BCUT2D eigenvalue weighted by molar-refractivity contribution is 6.01. The number of unbranched alkanes of at least 4 members (excludes halogenated alkanes) is 1. The summed E-state index contributed by atoms with van der Waals surface area (Å²) in [5.41, 5.74) is 9.59. The average Bonchev–Trinajstić information content (AvgIpc) is 2.36. The second kappa shape index (κ2) is 6.64. The van der Waals surface area contributed by atoms with Crippen molar-refractivity contribution < 1.29 is 14.1 Å². The molecule has 104 valence electrons. The molecule has 0 unspecified atom stereocenters. The van der Waals surface area contributed by atoms with Gasteiger partial charge in [0.05, 0.1) is 16.6 Å². The van der Waals surface area contributed by atoms with Crippen molar-refractivity contribution in [1.29, 1.82) is 0 Å². The second-order valence-corrected chi connectivity index (χ2v) is 3.89. The fourth-order valence-corrected chi connectivity index (χ4v) is 1.51. The number of nitro benzene ring substituents is 1. The molecule has 0 radical (unpaired) electrons. The van der Waals surface area contributed by atoms with Crippen molar-refractivity contribution in [1.82, 2.24) is 5.32 Å². The Labute approximate surface area is 108 Å². The van der Waals surface area contributed by atoms with Crippen molar-refractivity contribution in [3.63, 3.8) is 0 Å². The molecule has 0 aliphatic heterocycles. The number of nitrogens with one attached hydrogen (secondary N) is 1. The first-order valence-electron chi connectivity index (χ1n) is 5.69. The van der Waals surface area contributed by atoms with Crippen LogP contribution in [0.25, 0.3) is 0 Å². The number of hydrogen-bond acceptors (Lipinski definition) is 5. The Bertz CT molecular complexity index is 493. The van der Waals surface area contributed by atoms with E-state index in [0.717, 1.165) is 12.5 Å². The molecule has 1 amide bonds. The van der Waals surface area contributed by atoms with Gasteiger partial charge < -0.3 is 16.8 Å². The molecule has 1 aromatic rings. The lowest BCUT2D eigenvalue weighted by molar-refractivity contribution is -0.384. The smallest absolute Gasteiger partial charge is 0.295 e. The van der Waals surface area contributed by atoms with E-state index in [4.69, 9.17) is 11.5 Å². The number of halogens is 1. The van der Waals surface area contributed by atoms with E-state index in [2.05, 4.69) is 5.32 Å². The van der Waals surface area contributed by atoms with Gasteiger partial charge >= 0.3 is 0 Å². The maximum atomic E-state index is 13.2. The zero-order valence-electron chi connectivity index (χ0n) is 10.2. The van der Waals surface area contributed by atoms with Crippen molar-refractivity contribution in [3.8, 4) is 0 Å². The van der Waals surface area contributed by atoms with Gasteiger partial charge in [0.1, 0.15) is 11.5 Å². The summed E-state index contributed by atoms with van der Waals surface area (Å²) in [6, 6.07) is 1.56. The lowest BCUT2D eigenvalue weighted by Gasteiger charge is -2.07. The molecule has 0 saturated carbocycles. The van der Waals surface area contributed by atoms with Gasteiger partial charge in [0.15, 0.2) is 0 Å². The molecule has 5 N–H and O–H groups in total. The highest BCUT2D eigenvalue weighted by Gasteiger charge is 2.21. The predicted molar refractivity (Wildman–Crippen MR) is 68.1 cm³/mol. The van der Waals surface area contributed by atoms with Crippen LogP contribution < -0.4 is 16.8 Å². The number of amides is 1. The van der Waals surface area contributed by atoms with Crippen LogP contribution in [-0.4, -0.2) is 23.9 Å². The molecule has 0 aliphatic rings. The van der Waals surface area contributed by atoms with E-state index in [9.17, 15) is 19.3 Å². The van der Waals surface area contributed by atoms with Gasteiger partial charge in [-0.15, -0.1) is 0 Å². The highest BCUT2D eigenvalue weighted by atomic mass is 19.1. The number of rotatable bonds is 6. The minimum Gasteiger partial charge on any atom is -0.393 e. The summed E-state index contributed by atoms with van der Waals surface area (Å²) < 4.78 is 13.2. The molecule has 7 nitrogen and oxygen atoms in total. The molecule has 0 atom stereocenters. The minimum atomic E-state index is -0.881. The van der Waals surface area contributed by atoms with Gasteiger partial charge in [0, 0.05) is 6.54 Å². The Morgan fingerprint density at radius 1 is 1.42 bits per heavy atom. The van der Waals surface area contributed by atoms with Crippen LogP contribution in [0, 0.1) is 15.9 Å². The van der Waals surface area contributed by atoms with Gasteiger partial charge in [-0.05, 0) is 25.5 Å². The van der Waals surface area contributed by atoms with Gasteiger partial charge in [0.2, 0.25) is 0 Å². The largest absolute Gasteiger partial charge is 0.393 e. The molecular weight excluding hydrogens is 255 g/mol. The molecule has 0 aromatic heterocycles. The molecule has 1 rings (SSSR count). The van der Waals surface area contributed by atoms with E-state index < -0.39 is 22.3 Å². The molecule has 0 saturated heterocycles. The monoisotopic (exact) mass is 270 g/mol. The van der Waals surface area contributed by atoms with Crippen LogP contribution in [0.4, 0.5) is 15.8 Å². The number of anilines is 1. The summed E-state index contributed by atoms with van der Waals surface area (Å²) in [5.74, 6) is -1.52. The summed E-state index contributed by atoms with van der Waals surface area (Å²) in [6.07, 6.45) is 1.40. The molecule has 0 spiro atoms. The quantitative estimate of drug-likeness (QED) is 0.305. The maximum absolute atomic E-state index is 13.2. The van der Waals surface area contributed by atoms with Crippen molar-refractivity contribution in [3.05, 3.63) is 33.6 Å². The van der Waals surface area contributed by atoms with Gasteiger partial charge in [-0.3, -0.25) is 14.9 Å². The van der Waals surface area contributed by atoms with Crippen molar-refractivity contribution in [2.45, 2.75) is 12.8 Å². The lowest BCUT2D eigenvalue weighted by atomic mass is 10.1. The zero-order chi connectivity index (χ0) is 14.4. The molecular formula is C11H15FN4O3. The van der Waals surface area contributed by atoms with Crippen molar-refractivity contribution >= 4 is 17.3 Å². The number of carbonyl (C=O) groups is 1. The summed E-state index contributed by atoms with van der Waals surface area (Å²) in [6.45, 7) is 0.850. The maximum Gasteiger partial charge on any atom is 0.295 e. The summed E-state index contributed by atoms with van der Waals surface area (Å²) in [7, 11) is 0. The van der Waals surface area contributed by atoms with Crippen LogP contribution in [0.3, 0.4) is 0 Å². The molecule has 0 bridgehead atoms. The third-order valence-electron chi connectivity index (χ3n) is 2.48. The van der Waals surface area contributed by atoms with Crippen LogP contribution in [0.1, 0.15) is 23.2 Å². The van der Waals surface area contributed by atoms with E-state index in [0.29, 0.717) is 25.6 Å². The second-order valence-electron chi connectivity index (χ2n) is 3.89. The Kier molecular flexibility index (Phi) is 5.19. The van der Waals surface area contributed by atoms with E-state index in [1.165, 1.54) is 0 Å². The van der Waals surface area contributed by atoms with E-state index in [-0.39, 0.29) is 11.3 Å². The van der Waals surface area contributed by atoms with Crippen LogP contribution in [0.2, 0.25) is 0 Å². The number of benzene rings is 1.